The molecule has 72 valence electrons. The fraction of sp³-hybridized carbons (Fsp3) is 0.222. The maximum atomic E-state index is 11.4. The zero-order valence-electron chi connectivity index (χ0n) is 7.87. The summed E-state index contributed by atoms with van der Waals surface area (Å²) in [5.41, 5.74) is -0.314. The van der Waals surface area contributed by atoms with Gasteiger partial charge in [-0.05, 0) is 19.3 Å². The van der Waals surface area contributed by atoms with E-state index in [-0.39, 0.29) is 11.1 Å². The summed E-state index contributed by atoms with van der Waals surface area (Å²) >= 11 is 1.29. The molecule has 0 saturated heterocycles. The number of nitrogens with zero attached hydrogens (tertiary/aromatic N) is 2. The van der Waals surface area contributed by atoms with Gasteiger partial charge in [0, 0.05) is 0 Å². The molecule has 0 aliphatic carbocycles. The molecule has 0 atom stereocenters. The van der Waals surface area contributed by atoms with Gasteiger partial charge < -0.3 is 4.98 Å². The Balaban J connectivity index is 3.41. The van der Waals surface area contributed by atoms with Gasteiger partial charge in [-0.3, -0.25) is 4.79 Å². The summed E-state index contributed by atoms with van der Waals surface area (Å²) in [6.45, 7) is 1.83. The molecular weight excluding hydrogens is 198 g/mol. The zero-order chi connectivity index (χ0) is 10.6. The highest BCUT2D eigenvalue weighted by molar-refractivity contribution is 7.98. The van der Waals surface area contributed by atoms with Gasteiger partial charge in [0.05, 0.1) is 0 Å². The minimum absolute atomic E-state index is 0.0748. The number of aromatic nitrogens is 2. The third kappa shape index (κ3) is 2.03. The first-order valence-corrected chi connectivity index (χ1v) is 5.16. The van der Waals surface area contributed by atoms with Crippen LogP contribution in [-0.2, 0) is 0 Å². The standard InChI is InChI=1S/C9H9N3OS/c1-3-4-7-11-8(13)6(5-10)9(12-7)14-2/h3-4H,1-2H3,(H,11,12,13)/b4-3-. The molecule has 1 aromatic rings. The van der Waals surface area contributed by atoms with Crippen LogP contribution in [0.4, 0.5) is 0 Å². The van der Waals surface area contributed by atoms with Gasteiger partial charge in [-0.25, -0.2) is 4.98 Å². The number of H-pyrrole nitrogens is 1. The van der Waals surface area contributed by atoms with Crippen molar-refractivity contribution < 1.29 is 0 Å². The van der Waals surface area contributed by atoms with Crippen LogP contribution in [0.25, 0.3) is 6.08 Å². The summed E-state index contributed by atoms with van der Waals surface area (Å²) in [5, 5.41) is 9.17. The van der Waals surface area contributed by atoms with Crippen molar-refractivity contribution in [2.75, 3.05) is 6.26 Å². The third-order valence-corrected chi connectivity index (χ3v) is 2.22. The average Bonchev–Trinajstić information content (AvgIpc) is 2.17. The highest BCUT2D eigenvalue weighted by atomic mass is 32.2. The molecule has 0 unspecified atom stereocenters. The third-order valence-electron chi connectivity index (χ3n) is 1.53. The quantitative estimate of drug-likeness (QED) is 0.587. The van der Waals surface area contributed by atoms with Crippen LogP contribution in [0, 0.1) is 11.3 Å². The van der Waals surface area contributed by atoms with Crippen molar-refractivity contribution in [3.05, 3.63) is 27.8 Å². The highest BCUT2D eigenvalue weighted by Crippen LogP contribution is 2.13. The van der Waals surface area contributed by atoms with Crippen LogP contribution in [0.1, 0.15) is 18.3 Å². The molecule has 0 amide bonds. The molecule has 0 aliphatic heterocycles. The second-order valence-corrected chi connectivity index (χ2v) is 3.24. The number of allylic oxidation sites excluding steroid dienone is 1. The topological polar surface area (TPSA) is 69.5 Å². The summed E-state index contributed by atoms with van der Waals surface area (Å²) < 4.78 is 0. The van der Waals surface area contributed by atoms with Gasteiger partial charge in [-0.2, -0.15) is 5.26 Å². The van der Waals surface area contributed by atoms with E-state index in [4.69, 9.17) is 5.26 Å². The Morgan fingerprint density at radius 1 is 1.64 bits per heavy atom. The number of aromatic amines is 1. The van der Waals surface area contributed by atoms with Crippen LogP contribution in [0.3, 0.4) is 0 Å². The number of thioether (sulfide) groups is 1. The van der Waals surface area contributed by atoms with Gasteiger partial charge in [-0.1, -0.05) is 6.08 Å². The van der Waals surface area contributed by atoms with Gasteiger partial charge >= 0.3 is 0 Å². The average molecular weight is 207 g/mol. The van der Waals surface area contributed by atoms with Gasteiger partial charge in [0.15, 0.2) is 0 Å². The van der Waals surface area contributed by atoms with Crippen molar-refractivity contribution in [3.8, 4) is 6.07 Å². The van der Waals surface area contributed by atoms with E-state index in [1.165, 1.54) is 11.8 Å². The molecule has 1 aromatic heterocycles. The van der Waals surface area contributed by atoms with E-state index in [1.54, 1.807) is 18.4 Å². The Bertz CT molecular complexity index is 456. The lowest BCUT2D eigenvalue weighted by Gasteiger charge is -1.99. The first kappa shape index (κ1) is 10.5. The second-order valence-electron chi connectivity index (χ2n) is 2.45. The largest absolute Gasteiger partial charge is 0.306 e. The smallest absolute Gasteiger partial charge is 0.270 e. The first-order chi connectivity index (χ1) is 6.72. The molecule has 1 rings (SSSR count). The van der Waals surface area contributed by atoms with E-state index in [9.17, 15) is 4.79 Å². The van der Waals surface area contributed by atoms with E-state index in [0.29, 0.717) is 10.9 Å². The molecule has 0 fully saturated rings. The predicted octanol–water partition coefficient (Wildman–Crippen LogP) is 1.40. The number of rotatable bonds is 2. The van der Waals surface area contributed by atoms with Gasteiger partial charge in [0.2, 0.25) is 0 Å². The first-order valence-electron chi connectivity index (χ1n) is 3.94. The minimum atomic E-state index is -0.389. The van der Waals surface area contributed by atoms with Crippen molar-refractivity contribution in [2.24, 2.45) is 0 Å². The summed E-state index contributed by atoms with van der Waals surface area (Å²) in [6, 6.07) is 1.83. The Labute approximate surface area is 85.7 Å². The van der Waals surface area contributed by atoms with E-state index in [1.807, 2.05) is 13.0 Å². The summed E-state index contributed by atoms with van der Waals surface area (Å²) in [5.74, 6) is 0.473. The molecule has 5 heteroatoms. The van der Waals surface area contributed by atoms with E-state index >= 15 is 0 Å². The number of nitriles is 1. The van der Waals surface area contributed by atoms with Crippen molar-refractivity contribution in [1.82, 2.24) is 9.97 Å². The zero-order valence-corrected chi connectivity index (χ0v) is 8.68. The van der Waals surface area contributed by atoms with Crippen LogP contribution in [0.5, 0.6) is 0 Å². The number of hydrogen-bond donors (Lipinski definition) is 1. The van der Waals surface area contributed by atoms with E-state index < -0.39 is 0 Å². The molecule has 4 nitrogen and oxygen atoms in total. The summed E-state index contributed by atoms with van der Waals surface area (Å²) in [7, 11) is 0. The minimum Gasteiger partial charge on any atom is -0.306 e. The summed E-state index contributed by atoms with van der Waals surface area (Å²) in [6.07, 6.45) is 5.23. The molecule has 14 heavy (non-hydrogen) atoms. The Morgan fingerprint density at radius 3 is 2.86 bits per heavy atom. The van der Waals surface area contributed by atoms with Gasteiger partial charge in [-0.15, -0.1) is 11.8 Å². The van der Waals surface area contributed by atoms with Crippen molar-refractivity contribution >= 4 is 17.8 Å². The molecule has 1 N–H and O–H groups in total. The number of nitrogens with one attached hydrogen (secondary N) is 1. The molecule has 0 spiro atoms. The van der Waals surface area contributed by atoms with E-state index in [0.717, 1.165) is 0 Å². The van der Waals surface area contributed by atoms with Gasteiger partial charge in [0.1, 0.15) is 22.5 Å². The van der Waals surface area contributed by atoms with Crippen LogP contribution in [0.15, 0.2) is 15.9 Å². The fourth-order valence-electron chi connectivity index (χ4n) is 0.952. The Hall–Kier alpha value is -1.54. The Morgan fingerprint density at radius 2 is 2.36 bits per heavy atom. The molecule has 0 aromatic carbocycles. The van der Waals surface area contributed by atoms with Gasteiger partial charge in [0.25, 0.3) is 5.56 Å². The van der Waals surface area contributed by atoms with Crippen LogP contribution in [-0.4, -0.2) is 16.2 Å². The van der Waals surface area contributed by atoms with Crippen LogP contribution in [0.2, 0.25) is 0 Å². The maximum absolute atomic E-state index is 11.4. The highest BCUT2D eigenvalue weighted by Gasteiger charge is 2.08. The normalized spacial score (nSPS) is 10.4. The fourth-order valence-corrected chi connectivity index (χ4v) is 1.48. The molecule has 0 aliphatic rings. The SMILES string of the molecule is C/C=C\c1nc(SC)c(C#N)c(=O)[nH]1. The lowest BCUT2D eigenvalue weighted by atomic mass is 10.3. The molecule has 0 bridgehead atoms. The molecule has 0 radical (unpaired) electrons. The Kier molecular flexibility index (Phi) is 3.48. The van der Waals surface area contributed by atoms with Crippen LogP contribution < -0.4 is 5.56 Å². The van der Waals surface area contributed by atoms with Crippen molar-refractivity contribution in [2.45, 2.75) is 11.9 Å². The maximum Gasteiger partial charge on any atom is 0.270 e. The lowest BCUT2D eigenvalue weighted by Crippen LogP contribution is -2.14. The summed E-state index contributed by atoms with van der Waals surface area (Å²) in [4.78, 5) is 18.0. The predicted molar refractivity (Wildman–Crippen MR) is 56.1 cm³/mol. The molecule has 0 saturated carbocycles. The van der Waals surface area contributed by atoms with Crippen molar-refractivity contribution in [3.63, 3.8) is 0 Å². The second kappa shape index (κ2) is 4.63. The molecular formula is C9H9N3OS. The van der Waals surface area contributed by atoms with Crippen LogP contribution >= 0.6 is 11.8 Å². The lowest BCUT2D eigenvalue weighted by molar-refractivity contribution is 0.977. The molecule has 1 heterocycles. The number of hydrogen-bond acceptors (Lipinski definition) is 4. The van der Waals surface area contributed by atoms with Crippen molar-refractivity contribution in [1.29, 1.82) is 5.26 Å². The van der Waals surface area contributed by atoms with E-state index in [2.05, 4.69) is 9.97 Å². The monoisotopic (exact) mass is 207 g/mol.